The summed E-state index contributed by atoms with van der Waals surface area (Å²) in [5.41, 5.74) is 14.1. The zero-order valence-electron chi connectivity index (χ0n) is 31.2. The van der Waals surface area contributed by atoms with Crippen LogP contribution in [0, 0.1) is 0 Å². The highest BCUT2D eigenvalue weighted by atomic mass is 16.8. The van der Waals surface area contributed by atoms with E-state index < -0.39 is 5.41 Å². The minimum Gasteiger partial charge on any atom is -0.294 e. The zero-order chi connectivity index (χ0) is 37.4. The molecule has 0 bridgehead atoms. The van der Waals surface area contributed by atoms with Crippen LogP contribution in [0.4, 0.5) is 22.7 Å². The van der Waals surface area contributed by atoms with Gasteiger partial charge in [-0.3, -0.25) is 4.57 Å². The maximum Gasteiger partial charge on any atom is 0.137 e. The number of benzene rings is 7. The van der Waals surface area contributed by atoms with Crippen LogP contribution >= 0.6 is 0 Å². The number of fused-ring (bicyclic) bond motifs is 7. The van der Waals surface area contributed by atoms with Crippen molar-refractivity contribution in [3.8, 4) is 16.9 Å². The number of pyridine rings is 1. The minimum atomic E-state index is -0.635. The molecule has 0 radical (unpaired) electrons. The maximum absolute atomic E-state index is 6.74. The first kappa shape index (κ1) is 32.5. The van der Waals surface area contributed by atoms with Gasteiger partial charge in [0, 0.05) is 17.0 Å². The first-order valence-electron chi connectivity index (χ1n) is 19.3. The smallest absolute Gasteiger partial charge is 0.137 e. The first-order valence-corrected chi connectivity index (χ1v) is 19.3. The normalized spacial score (nSPS) is 14.1. The molecule has 9 aromatic rings. The SMILES string of the molecule is CC(C)c1ccnc(-n2c3ccccc3c3ccc(C4(c5cccc(N6ON(c7ccccc7)c7ccccc76)c5)c5ccccc5-c5ccccc54)cc32)c1. The molecule has 2 aliphatic rings. The first-order chi connectivity index (χ1) is 27.6. The molecule has 7 aromatic carbocycles. The molecule has 5 heteroatoms. The predicted molar refractivity (Wildman–Crippen MR) is 228 cm³/mol. The van der Waals surface area contributed by atoms with Crippen molar-refractivity contribution in [1.29, 1.82) is 0 Å². The fourth-order valence-corrected chi connectivity index (χ4v) is 9.17. The Morgan fingerprint density at radius 2 is 1.11 bits per heavy atom. The Labute approximate surface area is 326 Å². The summed E-state index contributed by atoms with van der Waals surface area (Å²) in [4.78, 5) is 11.7. The van der Waals surface area contributed by atoms with E-state index in [1.165, 1.54) is 44.2 Å². The lowest BCUT2D eigenvalue weighted by Gasteiger charge is -2.34. The molecular formula is C51H38N4O. The highest BCUT2D eigenvalue weighted by molar-refractivity contribution is 6.09. The number of aromatic nitrogens is 2. The quantitative estimate of drug-likeness (QED) is 0.171. The average molecular weight is 723 g/mol. The Bertz CT molecular complexity index is 2920. The van der Waals surface area contributed by atoms with Gasteiger partial charge in [0.2, 0.25) is 0 Å². The predicted octanol–water partition coefficient (Wildman–Crippen LogP) is 12.8. The summed E-state index contributed by atoms with van der Waals surface area (Å²) in [7, 11) is 0. The van der Waals surface area contributed by atoms with Crippen LogP contribution in [0.3, 0.4) is 0 Å². The van der Waals surface area contributed by atoms with E-state index in [0.717, 1.165) is 45.2 Å². The number of anilines is 4. The summed E-state index contributed by atoms with van der Waals surface area (Å²) in [6.45, 7) is 4.47. The molecule has 56 heavy (non-hydrogen) atoms. The molecule has 0 saturated carbocycles. The molecular weight excluding hydrogens is 685 g/mol. The van der Waals surface area contributed by atoms with E-state index in [-0.39, 0.29) is 0 Å². The zero-order valence-corrected chi connectivity index (χ0v) is 31.2. The van der Waals surface area contributed by atoms with Crippen LogP contribution in [0.25, 0.3) is 38.8 Å². The fraction of sp³-hybridized carbons (Fsp3) is 0.0784. The van der Waals surface area contributed by atoms with Gasteiger partial charge in [-0.05, 0) is 106 Å². The van der Waals surface area contributed by atoms with E-state index in [0.29, 0.717) is 5.92 Å². The van der Waals surface area contributed by atoms with Gasteiger partial charge in [0.15, 0.2) is 0 Å². The van der Waals surface area contributed by atoms with Gasteiger partial charge in [0.1, 0.15) is 5.82 Å². The van der Waals surface area contributed by atoms with Crippen molar-refractivity contribution in [3.63, 3.8) is 0 Å². The van der Waals surface area contributed by atoms with Crippen LogP contribution in [0.1, 0.15) is 47.6 Å². The van der Waals surface area contributed by atoms with E-state index in [1.807, 2.05) is 34.5 Å². The molecule has 0 N–H and O–H groups in total. The minimum absolute atomic E-state index is 0.383. The van der Waals surface area contributed by atoms with Crippen LogP contribution < -0.4 is 10.1 Å². The van der Waals surface area contributed by atoms with E-state index in [4.69, 9.17) is 9.92 Å². The summed E-state index contributed by atoms with van der Waals surface area (Å²) in [6, 6.07) is 65.5. The molecule has 3 heterocycles. The van der Waals surface area contributed by atoms with Gasteiger partial charge in [-0.2, -0.15) is 10.1 Å². The lowest BCUT2D eigenvalue weighted by Crippen LogP contribution is -2.29. The second-order valence-corrected chi connectivity index (χ2v) is 15.1. The molecule has 0 spiro atoms. The van der Waals surface area contributed by atoms with E-state index >= 15 is 0 Å². The van der Waals surface area contributed by atoms with Crippen LogP contribution in [0.15, 0.2) is 188 Å². The average Bonchev–Trinajstić information content (AvgIpc) is 3.91. The van der Waals surface area contributed by atoms with Crippen molar-refractivity contribution in [2.24, 2.45) is 0 Å². The van der Waals surface area contributed by atoms with Crippen LogP contribution in [-0.2, 0) is 10.4 Å². The summed E-state index contributed by atoms with van der Waals surface area (Å²) in [5, 5.41) is 6.28. The van der Waals surface area contributed by atoms with Crippen molar-refractivity contribution in [2.45, 2.75) is 25.2 Å². The second-order valence-electron chi connectivity index (χ2n) is 15.1. The number of para-hydroxylation sites is 4. The van der Waals surface area contributed by atoms with Gasteiger partial charge in [0.05, 0.1) is 39.2 Å². The van der Waals surface area contributed by atoms with Crippen LogP contribution in [0.5, 0.6) is 0 Å². The third-order valence-electron chi connectivity index (χ3n) is 11.7. The standard InChI is InChI=1S/C51H38N4O/c1-34(2)35-29-30-52-50(31-35)53-46-24-11-8-21-42(46)43-28-27-37(33-49(43)53)51(44-22-9-6-19-40(44)41-20-7-10-23-45(41)51)36-15-14-18-39(32-36)55-48-26-13-12-25-47(48)54(56-55)38-16-4-3-5-17-38/h3-34H,1-2H3. The van der Waals surface area contributed by atoms with Gasteiger partial charge in [-0.15, -0.1) is 4.94 Å². The van der Waals surface area contributed by atoms with E-state index in [1.54, 1.807) is 0 Å². The van der Waals surface area contributed by atoms with Crippen molar-refractivity contribution in [2.75, 3.05) is 10.1 Å². The van der Waals surface area contributed by atoms with Gasteiger partial charge in [-0.25, -0.2) is 4.98 Å². The molecule has 0 atom stereocenters. The van der Waals surface area contributed by atoms with E-state index in [9.17, 15) is 0 Å². The lowest BCUT2D eigenvalue weighted by atomic mass is 9.67. The highest BCUT2D eigenvalue weighted by Gasteiger charge is 2.46. The Kier molecular flexibility index (Phi) is 7.28. The van der Waals surface area contributed by atoms with Crippen molar-refractivity contribution < 1.29 is 4.94 Å². The van der Waals surface area contributed by atoms with Gasteiger partial charge in [0.25, 0.3) is 0 Å². The molecule has 268 valence electrons. The fourth-order valence-electron chi connectivity index (χ4n) is 9.17. The van der Waals surface area contributed by atoms with Gasteiger partial charge in [-0.1, -0.05) is 135 Å². The second kappa shape index (κ2) is 12.6. The number of rotatable bonds is 6. The third kappa shape index (κ3) is 4.68. The largest absolute Gasteiger partial charge is 0.294 e. The summed E-state index contributed by atoms with van der Waals surface area (Å²) < 4.78 is 2.35. The topological polar surface area (TPSA) is 33.5 Å². The Morgan fingerprint density at radius 1 is 0.500 bits per heavy atom. The number of nitrogens with zero attached hydrogens (tertiary/aromatic N) is 4. The van der Waals surface area contributed by atoms with E-state index in [2.05, 4.69) is 182 Å². The lowest BCUT2D eigenvalue weighted by molar-refractivity contribution is 0.156. The van der Waals surface area contributed by atoms with Crippen molar-refractivity contribution >= 4 is 44.6 Å². The molecule has 11 rings (SSSR count). The molecule has 1 aliphatic heterocycles. The Hall–Kier alpha value is -6.95. The summed E-state index contributed by atoms with van der Waals surface area (Å²) in [5.74, 6) is 1.31. The van der Waals surface area contributed by atoms with Crippen molar-refractivity contribution in [3.05, 3.63) is 216 Å². The van der Waals surface area contributed by atoms with Gasteiger partial charge >= 0.3 is 0 Å². The maximum atomic E-state index is 6.74. The molecule has 0 fully saturated rings. The van der Waals surface area contributed by atoms with Crippen LogP contribution in [0.2, 0.25) is 0 Å². The van der Waals surface area contributed by atoms with Crippen LogP contribution in [-0.4, -0.2) is 9.55 Å². The molecule has 5 nitrogen and oxygen atoms in total. The monoisotopic (exact) mass is 722 g/mol. The Morgan fingerprint density at radius 3 is 1.86 bits per heavy atom. The number of hydrogen-bond donors (Lipinski definition) is 0. The number of hydrogen-bond acceptors (Lipinski definition) is 4. The molecule has 0 saturated heterocycles. The summed E-state index contributed by atoms with van der Waals surface area (Å²) in [6.07, 6.45) is 1.95. The molecule has 0 amide bonds. The summed E-state index contributed by atoms with van der Waals surface area (Å²) >= 11 is 0. The third-order valence-corrected chi connectivity index (χ3v) is 11.7. The molecule has 2 aromatic heterocycles. The molecule has 0 unspecified atom stereocenters. The highest BCUT2D eigenvalue weighted by Crippen LogP contribution is 2.57. The molecule has 1 aliphatic carbocycles. The van der Waals surface area contributed by atoms with Crippen molar-refractivity contribution in [1.82, 2.24) is 9.55 Å². The van der Waals surface area contributed by atoms with Gasteiger partial charge < -0.3 is 0 Å². The Balaban J connectivity index is 1.17.